The van der Waals surface area contributed by atoms with Gasteiger partial charge < -0.3 is 9.15 Å². The Bertz CT molecular complexity index is 1430. The van der Waals surface area contributed by atoms with Gasteiger partial charge in [0.1, 0.15) is 11.3 Å². The molecule has 0 bridgehead atoms. The molecule has 2 atom stereocenters. The smallest absolute Gasteiger partial charge is 0.197 e. The molecule has 0 amide bonds. The van der Waals surface area contributed by atoms with E-state index in [4.69, 9.17) is 14.1 Å². The molecule has 31 heavy (non-hydrogen) atoms. The van der Waals surface area contributed by atoms with Gasteiger partial charge in [0.25, 0.3) is 0 Å². The second-order valence-electron chi connectivity index (χ2n) is 7.58. The summed E-state index contributed by atoms with van der Waals surface area (Å²) in [5, 5.41) is 0.385. The SMILES string of the molecule is O=c1c([C@H]2Sc3ccccc3N=C3c4ccccc4OC[C@H]32)coc2ccc(Br)cc12. The Kier molecular flexibility index (Phi) is 4.51. The summed E-state index contributed by atoms with van der Waals surface area (Å²) < 4.78 is 12.9. The lowest BCUT2D eigenvalue weighted by Gasteiger charge is -2.31. The Labute approximate surface area is 191 Å². The molecule has 4 nitrogen and oxygen atoms in total. The van der Waals surface area contributed by atoms with Crippen LogP contribution in [0.15, 0.2) is 96.6 Å². The molecule has 0 spiro atoms. The number of ether oxygens (including phenoxy) is 1. The second-order valence-corrected chi connectivity index (χ2v) is 9.68. The van der Waals surface area contributed by atoms with Crippen molar-refractivity contribution in [1.29, 1.82) is 0 Å². The zero-order valence-corrected chi connectivity index (χ0v) is 18.7. The molecular weight excluding hydrogens is 474 g/mol. The normalized spacial score (nSPS) is 19.5. The van der Waals surface area contributed by atoms with E-state index in [1.54, 1.807) is 18.0 Å². The van der Waals surface area contributed by atoms with Gasteiger partial charge in [-0.15, -0.1) is 11.8 Å². The first-order valence-electron chi connectivity index (χ1n) is 9.96. The summed E-state index contributed by atoms with van der Waals surface area (Å²) in [6.07, 6.45) is 1.61. The van der Waals surface area contributed by atoms with E-state index in [1.165, 1.54) is 0 Å². The number of fused-ring (bicyclic) bond motifs is 5. The fourth-order valence-electron chi connectivity index (χ4n) is 4.23. The number of nitrogens with zero attached hydrogens (tertiary/aromatic N) is 1. The van der Waals surface area contributed by atoms with Gasteiger partial charge in [-0.05, 0) is 42.5 Å². The third-order valence-electron chi connectivity index (χ3n) is 5.73. The first-order valence-corrected chi connectivity index (χ1v) is 11.6. The topological polar surface area (TPSA) is 51.8 Å². The molecule has 0 radical (unpaired) electrons. The molecule has 0 saturated heterocycles. The van der Waals surface area contributed by atoms with Crippen molar-refractivity contribution in [3.8, 4) is 5.75 Å². The molecule has 0 N–H and O–H groups in total. The van der Waals surface area contributed by atoms with Gasteiger partial charge in [-0.3, -0.25) is 9.79 Å². The van der Waals surface area contributed by atoms with Crippen LogP contribution in [0.4, 0.5) is 5.69 Å². The van der Waals surface area contributed by atoms with E-state index in [0.29, 0.717) is 23.1 Å². The number of aliphatic imine (C=N–C) groups is 1. The molecule has 0 aliphatic carbocycles. The van der Waals surface area contributed by atoms with Crippen LogP contribution in [0.2, 0.25) is 0 Å². The van der Waals surface area contributed by atoms with E-state index < -0.39 is 0 Å². The van der Waals surface area contributed by atoms with Gasteiger partial charge in [0.2, 0.25) is 0 Å². The van der Waals surface area contributed by atoms with Crippen LogP contribution in [0, 0.1) is 5.92 Å². The molecule has 2 aliphatic rings. The summed E-state index contributed by atoms with van der Waals surface area (Å²) in [5.74, 6) is 0.745. The predicted molar refractivity (Wildman–Crippen MR) is 127 cm³/mol. The standard InChI is InChI=1S/C25H16BrNO3S/c26-14-9-10-21-16(11-14)24(28)18(13-30-21)25-17-12-29-20-7-3-1-5-15(20)23(17)27-19-6-2-4-8-22(19)31-25/h1-11,13,17,25H,12H2/t17-,25+/m1/s1. The van der Waals surface area contributed by atoms with Crippen LogP contribution >= 0.6 is 27.7 Å². The van der Waals surface area contributed by atoms with Crippen molar-refractivity contribution in [1.82, 2.24) is 0 Å². The molecule has 2 aliphatic heterocycles. The molecule has 6 rings (SSSR count). The zero-order valence-electron chi connectivity index (χ0n) is 16.2. The van der Waals surface area contributed by atoms with Gasteiger partial charge in [-0.2, -0.15) is 0 Å². The third-order valence-corrected chi connectivity index (χ3v) is 7.65. The van der Waals surface area contributed by atoms with Gasteiger partial charge in [-0.25, -0.2) is 0 Å². The first kappa shape index (κ1) is 18.9. The molecule has 3 heterocycles. The van der Waals surface area contributed by atoms with Gasteiger partial charge in [0.15, 0.2) is 5.43 Å². The van der Waals surface area contributed by atoms with E-state index >= 15 is 0 Å². The summed E-state index contributed by atoms with van der Waals surface area (Å²) in [5.41, 5.74) is 4.05. The van der Waals surface area contributed by atoms with E-state index in [1.807, 2.05) is 60.7 Å². The highest BCUT2D eigenvalue weighted by Crippen LogP contribution is 2.49. The fraction of sp³-hybridized carbons (Fsp3) is 0.120. The van der Waals surface area contributed by atoms with Crippen LogP contribution in [0.5, 0.6) is 5.75 Å². The minimum Gasteiger partial charge on any atom is -0.492 e. The van der Waals surface area contributed by atoms with Crippen molar-refractivity contribution in [3.63, 3.8) is 0 Å². The Morgan fingerprint density at radius 3 is 2.81 bits per heavy atom. The first-order chi connectivity index (χ1) is 15.2. The molecule has 152 valence electrons. The highest BCUT2D eigenvalue weighted by molar-refractivity contribution is 9.10. The lowest BCUT2D eigenvalue weighted by molar-refractivity contribution is 0.271. The van der Waals surface area contributed by atoms with E-state index in [9.17, 15) is 4.79 Å². The highest BCUT2D eigenvalue weighted by Gasteiger charge is 2.38. The van der Waals surface area contributed by atoms with Crippen molar-refractivity contribution >= 4 is 50.1 Å². The summed E-state index contributed by atoms with van der Waals surface area (Å²) in [6.45, 7) is 0.456. The summed E-state index contributed by atoms with van der Waals surface area (Å²) in [6, 6.07) is 21.5. The van der Waals surface area contributed by atoms with Gasteiger partial charge in [0, 0.05) is 20.5 Å². The van der Waals surface area contributed by atoms with E-state index in [0.717, 1.165) is 32.1 Å². The highest BCUT2D eigenvalue weighted by atomic mass is 79.9. The van der Waals surface area contributed by atoms with E-state index in [-0.39, 0.29) is 16.6 Å². The Morgan fingerprint density at radius 2 is 1.87 bits per heavy atom. The van der Waals surface area contributed by atoms with Gasteiger partial charge in [-0.1, -0.05) is 40.2 Å². The molecular formula is C25H16BrNO3S. The molecule has 0 unspecified atom stereocenters. The van der Waals surface area contributed by atoms with Crippen LogP contribution in [-0.4, -0.2) is 12.3 Å². The van der Waals surface area contributed by atoms with Crippen molar-refractivity contribution in [3.05, 3.63) is 98.8 Å². The molecule has 6 heteroatoms. The van der Waals surface area contributed by atoms with Crippen molar-refractivity contribution in [2.45, 2.75) is 10.1 Å². The number of rotatable bonds is 1. The molecule has 4 aromatic rings. The maximum absolute atomic E-state index is 13.5. The summed E-state index contributed by atoms with van der Waals surface area (Å²) >= 11 is 5.12. The monoisotopic (exact) mass is 489 g/mol. The fourth-order valence-corrected chi connectivity index (χ4v) is 5.92. The maximum atomic E-state index is 13.5. The van der Waals surface area contributed by atoms with Crippen LogP contribution in [0.25, 0.3) is 11.0 Å². The number of benzene rings is 3. The average Bonchev–Trinajstić information content (AvgIpc) is 2.97. The number of hydrogen-bond donors (Lipinski definition) is 0. The van der Waals surface area contributed by atoms with Crippen molar-refractivity contribution < 1.29 is 9.15 Å². The minimum absolute atomic E-state index is 0.0161. The number of thioether (sulfide) groups is 1. The number of halogens is 1. The maximum Gasteiger partial charge on any atom is 0.197 e. The lowest BCUT2D eigenvalue weighted by Crippen LogP contribution is -2.33. The Hall–Kier alpha value is -2.83. The second kappa shape index (κ2) is 7.39. The molecule has 1 aromatic heterocycles. The summed E-state index contributed by atoms with van der Waals surface area (Å²) in [4.78, 5) is 19.7. The quantitative estimate of drug-likeness (QED) is 0.304. The average molecular weight is 490 g/mol. The van der Waals surface area contributed by atoms with Crippen LogP contribution < -0.4 is 10.2 Å². The van der Waals surface area contributed by atoms with Gasteiger partial charge in [0.05, 0.1) is 40.8 Å². The predicted octanol–water partition coefficient (Wildman–Crippen LogP) is 6.53. The minimum atomic E-state index is -0.185. The number of para-hydroxylation sites is 2. The van der Waals surface area contributed by atoms with E-state index in [2.05, 4.69) is 22.0 Å². The van der Waals surface area contributed by atoms with Crippen LogP contribution in [0.3, 0.4) is 0 Å². The van der Waals surface area contributed by atoms with Crippen LogP contribution in [-0.2, 0) is 0 Å². The van der Waals surface area contributed by atoms with Crippen LogP contribution in [0.1, 0.15) is 16.4 Å². The molecule has 0 saturated carbocycles. The zero-order chi connectivity index (χ0) is 20.9. The number of hydrogen-bond acceptors (Lipinski definition) is 5. The Morgan fingerprint density at radius 1 is 1.03 bits per heavy atom. The van der Waals surface area contributed by atoms with Gasteiger partial charge >= 0.3 is 0 Å². The molecule has 3 aromatic carbocycles. The Balaban J connectivity index is 1.58. The lowest BCUT2D eigenvalue weighted by atomic mass is 9.88. The third kappa shape index (κ3) is 3.13. The summed E-state index contributed by atoms with van der Waals surface area (Å²) in [7, 11) is 0. The van der Waals surface area contributed by atoms with Crippen molar-refractivity contribution in [2.24, 2.45) is 10.9 Å². The molecule has 0 fully saturated rings. The largest absolute Gasteiger partial charge is 0.492 e. The van der Waals surface area contributed by atoms with Crippen molar-refractivity contribution in [2.75, 3.05) is 6.61 Å².